The summed E-state index contributed by atoms with van der Waals surface area (Å²) in [6.45, 7) is 8.79. The van der Waals surface area contributed by atoms with Gasteiger partial charge in [0.15, 0.2) is 0 Å². The summed E-state index contributed by atoms with van der Waals surface area (Å²) in [5, 5.41) is 2.73. The number of amides is 1. The largest absolute Gasteiger partial charge is 0.493 e. The molecule has 2 aromatic carbocycles. The molecule has 0 heterocycles. The minimum Gasteiger partial charge on any atom is -0.493 e. The molecule has 1 atom stereocenters. The summed E-state index contributed by atoms with van der Waals surface area (Å²) in [4.78, 5) is 11.8. The standard InChI is InChI=1S/C24H33NO4S/c1-5-27-22(17-30)16-19-8-12-21(13-9-19)28-15-14-18-6-10-20(11-7-18)25-23(26)29-24(2,3)4/h6-13,22,30H,5,14-17H2,1-4H3,(H,25,26). The van der Waals surface area contributed by atoms with Gasteiger partial charge in [0.2, 0.25) is 0 Å². The lowest BCUT2D eigenvalue weighted by Gasteiger charge is -2.19. The third-order valence-corrected chi connectivity index (χ3v) is 4.66. The minimum absolute atomic E-state index is 0.137. The normalized spacial score (nSPS) is 12.3. The van der Waals surface area contributed by atoms with Crippen LogP contribution in [-0.2, 0) is 22.3 Å². The van der Waals surface area contributed by atoms with Gasteiger partial charge in [0, 0.05) is 24.5 Å². The molecule has 0 aliphatic carbocycles. The minimum atomic E-state index is -0.517. The Bertz CT molecular complexity index is 769. The van der Waals surface area contributed by atoms with Crippen molar-refractivity contribution in [3.8, 4) is 5.75 Å². The molecule has 6 heteroatoms. The molecule has 164 valence electrons. The van der Waals surface area contributed by atoms with Gasteiger partial charge in [0.25, 0.3) is 0 Å². The van der Waals surface area contributed by atoms with E-state index in [1.807, 2.05) is 64.1 Å². The van der Waals surface area contributed by atoms with Crippen molar-refractivity contribution in [3.05, 3.63) is 59.7 Å². The van der Waals surface area contributed by atoms with E-state index in [2.05, 4.69) is 30.1 Å². The van der Waals surface area contributed by atoms with Gasteiger partial charge in [-0.05, 0) is 69.5 Å². The van der Waals surface area contributed by atoms with Crippen molar-refractivity contribution < 1.29 is 19.0 Å². The SMILES string of the molecule is CCOC(CS)Cc1ccc(OCCc2ccc(NC(=O)OC(C)(C)C)cc2)cc1. The zero-order valence-corrected chi connectivity index (χ0v) is 19.2. The van der Waals surface area contributed by atoms with E-state index in [1.165, 1.54) is 5.56 Å². The zero-order valence-electron chi connectivity index (χ0n) is 18.3. The van der Waals surface area contributed by atoms with Crippen LogP contribution in [0.5, 0.6) is 5.75 Å². The van der Waals surface area contributed by atoms with E-state index in [1.54, 1.807) is 0 Å². The maximum absolute atomic E-state index is 11.8. The Hall–Kier alpha value is -2.18. The molecule has 1 amide bonds. The van der Waals surface area contributed by atoms with Crippen molar-refractivity contribution in [1.29, 1.82) is 0 Å². The maximum atomic E-state index is 11.8. The predicted octanol–water partition coefficient (Wildman–Crippen LogP) is 5.53. The fourth-order valence-electron chi connectivity index (χ4n) is 2.86. The average Bonchev–Trinajstić information content (AvgIpc) is 2.69. The van der Waals surface area contributed by atoms with Crippen LogP contribution in [0.4, 0.5) is 10.5 Å². The van der Waals surface area contributed by atoms with Crippen molar-refractivity contribution in [1.82, 2.24) is 0 Å². The van der Waals surface area contributed by atoms with Gasteiger partial charge in [-0.15, -0.1) is 0 Å². The molecular weight excluding hydrogens is 398 g/mol. The van der Waals surface area contributed by atoms with E-state index in [0.29, 0.717) is 24.7 Å². The molecule has 1 unspecified atom stereocenters. The van der Waals surface area contributed by atoms with Gasteiger partial charge in [-0.3, -0.25) is 5.32 Å². The van der Waals surface area contributed by atoms with Gasteiger partial charge in [0.05, 0.1) is 12.7 Å². The van der Waals surface area contributed by atoms with Gasteiger partial charge < -0.3 is 14.2 Å². The number of carbonyl (C=O) groups is 1. The topological polar surface area (TPSA) is 56.8 Å². The van der Waals surface area contributed by atoms with Crippen molar-refractivity contribution in [2.45, 2.75) is 52.2 Å². The molecule has 0 fully saturated rings. The highest BCUT2D eigenvalue weighted by atomic mass is 32.1. The summed E-state index contributed by atoms with van der Waals surface area (Å²) in [6, 6.07) is 15.8. The third-order valence-electron chi connectivity index (χ3n) is 4.25. The predicted molar refractivity (Wildman–Crippen MR) is 125 cm³/mol. The second-order valence-corrected chi connectivity index (χ2v) is 8.40. The Morgan fingerprint density at radius 3 is 2.23 bits per heavy atom. The van der Waals surface area contributed by atoms with Crippen LogP contribution in [-0.4, -0.2) is 36.8 Å². The number of anilines is 1. The highest BCUT2D eigenvalue weighted by Crippen LogP contribution is 2.16. The number of ether oxygens (including phenoxy) is 3. The zero-order chi connectivity index (χ0) is 22.0. The Morgan fingerprint density at radius 2 is 1.67 bits per heavy atom. The first kappa shape index (κ1) is 24.1. The molecule has 1 N–H and O–H groups in total. The van der Waals surface area contributed by atoms with Gasteiger partial charge in [0.1, 0.15) is 11.4 Å². The summed E-state index contributed by atoms with van der Waals surface area (Å²) in [6.07, 6.45) is 1.31. The first-order chi connectivity index (χ1) is 14.3. The lowest BCUT2D eigenvalue weighted by atomic mass is 10.1. The molecule has 0 aromatic heterocycles. The number of carbonyl (C=O) groups excluding carboxylic acids is 1. The molecule has 2 rings (SSSR count). The van der Waals surface area contributed by atoms with E-state index in [9.17, 15) is 4.79 Å². The summed E-state index contributed by atoms with van der Waals surface area (Å²) in [5.41, 5.74) is 2.53. The van der Waals surface area contributed by atoms with E-state index in [4.69, 9.17) is 14.2 Å². The van der Waals surface area contributed by atoms with Crippen LogP contribution in [0.1, 0.15) is 38.8 Å². The van der Waals surface area contributed by atoms with Crippen LogP contribution in [0.2, 0.25) is 0 Å². The molecule has 5 nitrogen and oxygen atoms in total. The second-order valence-electron chi connectivity index (χ2n) is 8.03. The van der Waals surface area contributed by atoms with Gasteiger partial charge in [-0.2, -0.15) is 12.6 Å². The lowest BCUT2D eigenvalue weighted by Crippen LogP contribution is -2.27. The highest BCUT2D eigenvalue weighted by Gasteiger charge is 2.16. The Morgan fingerprint density at radius 1 is 1.03 bits per heavy atom. The summed E-state index contributed by atoms with van der Waals surface area (Å²) < 4.78 is 16.8. The Kier molecular flexibility index (Phi) is 9.53. The molecule has 2 aromatic rings. The van der Waals surface area contributed by atoms with Crippen LogP contribution < -0.4 is 10.1 Å². The first-order valence-corrected chi connectivity index (χ1v) is 11.0. The monoisotopic (exact) mass is 431 g/mol. The van der Waals surface area contributed by atoms with Gasteiger partial charge in [-0.1, -0.05) is 24.3 Å². The number of rotatable bonds is 10. The Balaban J connectivity index is 1.76. The fourth-order valence-corrected chi connectivity index (χ4v) is 3.09. The smallest absolute Gasteiger partial charge is 0.412 e. The first-order valence-electron chi connectivity index (χ1n) is 10.3. The summed E-state index contributed by atoms with van der Waals surface area (Å²) in [7, 11) is 0. The van der Waals surface area contributed by atoms with Crippen LogP contribution >= 0.6 is 12.6 Å². The van der Waals surface area contributed by atoms with Crippen LogP contribution in [0.25, 0.3) is 0 Å². The highest BCUT2D eigenvalue weighted by molar-refractivity contribution is 7.80. The average molecular weight is 432 g/mol. The number of thiol groups is 1. The molecule has 0 saturated heterocycles. The number of benzene rings is 2. The molecule has 0 saturated carbocycles. The molecule has 0 bridgehead atoms. The summed E-state index contributed by atoms with van der Waals surface area (Å²) in [5.74, 6) is 1.55. The number of nitrogens with one attached hydrogen (secondary N) is 1. The van der Waals surface area contributed by atoms with Crippen molar-refractivity contribution in [3.63, 3.8) is 0 Å². The fraction of sp³-hybridized carbons (Fsp3) is 0.458. The van der Waals surface area contributed by atoms with E-state index >= 15 is 0 Å². The molecule has 0 aliphatic heterocycles. The molecule has 0 radical (unpaired) electrons. The van der Waals surface area contributed by atoms with E-state index in [0.717, 1.165) is 24.2 Å². The summed E-state index contributed by atoms with van der Waals surface area (Å²) >= 11 is 4.34. The van der Waals surface area contributed by atoms with Crippen LogP contribution in [0.15, 0.2) is 48.5 Å². The molecule has 0 spiro atoms. The Labute approximate surface area is 185 Å². The van der Waals surface area contributed by atoms with Crippen molar-refractivity contribution >= 4 is 24.4 Å². The van der Waals surface area contributed by atoms with Crippen molar-refractivity contribution in [2.75, 3.05) is 24.3 Å². The van der Waals surface area contributed by atoms with Crippen LogP contribution in [0.3, 0.4) is 0 Å². The van der Waals surface area contributed by atoms with E-state index < -0.39 is 11.7 Å². The van der Waals surface area contributed by atoms with E-state index in [-0.39, 0.29) is 6.10 Å². The van der Waals surface area contributed by atoms with Gasteiger partial charge in [-0.25, -0.2) is 4.79 Å². The van der Waals surface area contributed by atoms with Crippen LogP contribution in [0, 0.1) is 0 Å². The van der Waals surface area contributed by atoms with Gasteiger partial charge >= 0.3 is 6.09 Å². The second kappa shape index (κ2) is 11.9. The number of hydrogen-bond donors (Lipinski definition) is 2. The molecule has 30 heavy (non-hydrogen) atoms. The number of hydrogen-bond acceptors (Lipinski definition) is 5. The quantitative estimate of drug-likeness (QED) is 0.486. The maximum Gasteiger partial charge on any atom is 0.412 e. The van der Waals surface area contributed by atoms with Crippen molar-refractivity contribution in [2.24, 2.45) is 0 Å². The molecular formula is C24H33NO4S. The lowest BCUT2D eigenvalue weighted by molar-refractivity contribution is 0.0636. The molecule has 0 aliphatic rings. The third kappa shape index (κ3) is 9.09.